The van der Waals surface area contributed by atoms with Crippen LogP contribution in [-0.4, -0.2) is 5.96 Å². The number of para-hydroxylation sites is 2. The Kier molecular flexibility index (Phi) is 4.39. The molecule has 0 atom stereocenters. The molecule has 3 nitrogen and oxygen atoms in total. The Balaban J connectivity index is 0.000000183. The normalized spacial score (nSPS) is 11.3. The van der Waals surface area contributed by atoms with E-state index in [1.165, 1.54) is 16.0 Å². The summed E-state index contributed by atoms with van der Waals surface area (Å²) in [7, 11) is 0. The van der Waals surface area contributed by atoms with Gasteiger partial charge in [0.25, 0.3) is 0 Å². The van der Waals surface area contributed by atoms with E-state index in [9.17, 15) is 0 Å². The quantitative estimate of drug-likeness (QED) is 0.427. The third-order valence-electron chi connectivity index (χ3n) is 3.59. The Bertz CT molecular complexity index is 901. The molecule has 0 radical (unpaired) electrons. The molecule has 0 unspecified atom stereocenters. The van der Waals surface area contributed by atoms with E-state index < -0.39 is 0 Å². The van der Waals surface area contributed by atoms with Gasteiger partial charge in [0.15, 0.2) is 5.96 Å². The maximum atomic E-state index is 5.78. The number of guanidine groups is 1. The van der Waals surface area contributed by atoms with Gasteiger partial charge in [0, 0.05) is 5.69 Å². The molecular formula is C20H19N3. The Hall–Kier alpha value is -3.07. The summed E-state index contributed by atoms with van der Waals surface area (Å²) in [6.07, 6.45) is 0. The molecule has 0 amide bonds. The second-order valence-corrected chi connectivity index (χ2v) is 5.35. The number of nitrogens with one attached hydrogen (secondary N) is 1. The number of rotatable bonds is 2. The molecule has 2 aliphatic rings. The monoisotopic (exact) mass is 301 g/mol. The van der Waals surface area contributed by atoms with Crippen LogP contribution in [0, 0.1) is 17.4 Å². The molecule has 2 aromatic carbocycles. The van der Waals surface area contributed by atoms with Crippen LogP contribution in [0.2, 0.25) is 0 Å². The summed E-state index contributed by atoms with van der Waals surface area (Å²) in [5.41, 5.74) is 8.99. The molecule has 3 N–H and O–H groups in total. The van der Waals surface area contributed by atoms with Crippen molar-refractivity contribution in [3.8, 4) is 0 Å². The third kappa shape index (κ3) is 3.77. The first-order valence-electron chi connectivity index (χ1n) is 7.55. The van der Waals surface area contributed by atoms with Gasteiger partial charge in [-0.05, 0) is 47.2 Å². The molecule has 3 heteroatoms. The van der Waals surface area contributed by atoms with E-state index in [2.05, 4.69) is 35.4 Å². The molecule has 0 saturated carbocycles. The van der Waals surface area contributed by atoms with E-state index in [-0.39, 0.29) is 0 Å². The maximum Gasteiger partial charge on any atom is 0.198 e. The van der Waals surface area contributed by atoms with Crippen LogP contribution in [0.1, 0.15) is 5.56 Å². The molecule has 0 bridgehead atoms. The van der Waals surface area contributed by atoms with Crippen LogP contribution in [0.3, 0.4) is 0 Å². The van der Waals surface area contributed by atoms with Gasteiger partial charge < -0.3 is 11.1 Å². The Morgan fingerprint density at radius 2 is 1.52 bits per heavy atom. The van der Waals surface area contributed by atoms with Gasteiger partial charge in [0.2, 0.25) is 0 Å². The van der Waals surface area contributed by atoms with Crippen molar-refractivity contribution in [3.63, 3.8) is 0 Å². The lowest BCUT2D eigenvalue weighted by atomic mass is 10.0. The minimum Gasteiger partial charge on any atom is -0.369 e. The molecule has 0 spiro atoms. The predicted octanol–water partition coefficient (Wildman–Crippen LogP) is 4.34. The summed E-state index contributed by atoms with van der Waals surface area (Å²) < 4.78 is 0. The zero-order valence-electron chi connectivity index (χ0n) is 13.0. The predicted molar refractivity (Wildman–Crippen MR) is 96.6 cm³/mol. The van der Waals surface area contributed by atoms with E-state index in [0.29, 0.717) is 5.96 Å². The highest BCUT2D eigenvalue weighted by molar-refractivity contribution is 5.93. The van der Waals surface area contributed by atoms with E-state index in [4.69, 9.17) is 5.73 Å². The first-order valence-corrected chi connectivity index (χ1v) is 7.55. The average molecular weight is 301 g/mol. The van der Waals surface area contributed by atoms with Gasteiger partial charge in [-0.2, -0.15) is 0 Å². The summed E-state index contributed by atoms with van der Waals surface area (Å²) in [4.78, 5) is 4.24. The number of nitrogens with two attached hydrogens (primary N) is 1. The van der Waals surface area contributed by atoms with Crippen molar-refractivity contribution in [1.29, 1.82) is 0 Å². The second kappa shape index (κ2) is 6.79. The Morgan fingerprint density at radius 3 is 1.96 bits per heavy atom. The SMILES string of the molecule is Cc1cc2ccc1=2.NC(=Nc1ccccc1)Nc1ccccc1. The molecule has 0 saturated heterocycles. The van der Waals surface area contributed by atoms with Crippen LogP contribution < -0.4 is 11.1 Å². The van der Waals surface area contributed by atoms with Gasteiger partial charge in [0.1, 0.15) is 0 Å². The van der Waals surface area contributed by atoms with Gasteiger partial charge >= 0.3 is 0 Å². The fraction of sp³-hybridized carbons (Fsp3) is 0.0500. The standard InChI is InChI=1S/C13H13N3.C7H6/c14-13(15-11-7-3-1-4-8-11)16-12-9-5-2-6-10-12;1-5-4-6-2-3-7(5)6/h1-10H,(H3,14,15,16);2-4H,1H3. The van der Waals surface area contributed by atoms with Crippen LogP contribution in [0.25, 0.3) is 0 Å². The van der Waals surface area contributed by atoms with Gasteiger partial charge in [-0.25, -0.2) is 4.99 Å². The highest BCUT2D eigenvalue weighted by Crippen LogP contribution is 2.13. The van der Waals surface area contributed by atoms with Crippen molar-refractivity contribution < 1.29 is 0 Å². The molecule has 2 aliphatic carbocycles. The summed E-state index contributed by atoms with van der Waals surface area (Å²) in [5.74, 6) is 0.386. The van der Waals surface area contributed by atoms with E-state index in [1.807, 2.05) is 60.7 Å². The number of aliphatic imine (C=N–C) groups is 1. The second-order valence-electron chi connectivity index (χ2n) is 5.35. The van der Waals surface area contributed by atoms with E-state index >= 15 is 0 Å². The number of aryl methyl sites for hydroxylation is 1. The van der Waals surface area contributed by atoms with Gasteiger partial charge in [-0.15, -0.1) is 0 Å². The number of anilines is 1. The van der Waals surface area contributed by atoms with Crippen LogP contribution in [0.5, 0.6) is 0 Å². The number of hydrogen-bond acceptors (Lipinski definition) is 1. The molecule has 0 heterocycles. The zero-order valence-corrected chi connectivity index (χ0v) is 13.0. The average Bonchev–Trinajstić information content (AvgIpc) is 2.54. The number of benzene rings is 3. The highest BCUT2D eigenvalue weighted by atomic mass is 15.1. The van der Waals surface area contributed by atoms with Crippen LogP contribution in [-0.2, 0) is 0 Å². The van der Waals surface area contributed by atoms with Gasteiger partial charge in [-0.1, -0.05) is 54.6 Å². The van der Waals surface area contributed by atoms with Crippen molar-refractivity contribution in [2.24, 2.45) is 10.7 Å². The first-order chi connectivity index (χ1) is 11.2. The fourth-order valence-electron chi connectivity index (χ4n) is 2.32. The fourth-order valence-corrected chi connectivity index (χ4v) is 2.32. The van der Waals surface area contributed by atoms with Crippen molar-refractivity contribution in [2.75, 3.05) is 5.32 Å². The lowest BCUT2D eigenvalue weighted by molar-refractivity contribution is 1.26. The van der Waals surface area contributed by atoms with E-state index in [1.54, 1.807) is 0 Å². The van der Waals surface area contributed by atoms with Crippen LogP contribution in [0.15, 0.2) is 83.9 Å². The molecular weight excluding hydrogens is 282 g/mol. The third-order valence-corrected chi connectivity index (χ3v) is 3.59. The van der Waals surface area contributed by atoms with Crippen molar-refractivity contribution in [2.45, 2.75) is 6.92 Å². The van der Waals surface area contributed by atoms with Crippen LogP contribution >= 0.6 is 0 Å². The largest absolute Gasteiger partial charge is 0.369 e. The zero-order chi connectivity index (χ0) is 16.1. The molecule has 4 rings (SSSR count). The first kappa shape index (κ1) is 14.9. The molecule has 0 aliphatic heterocycles. The lowest BCUT2D eigenvalue weighted by Crippen LogP contribution is -2.21. The Morgan fingerprint density at radius 1 is 0.870 bits per heavy atom. The minimum absolute atomic E-state index is 0.386. The molecule has 114 valence electrons. The van der Waals surface area contributed by atoms with E-state index in [0.717, 1.165) is 11.4 Å². The smallest absolute Gasteiger partial charge is 0.198 e. The lowest BCUT2D eigenvalue weighted by Gasteiger charge is -2.04. The van der Waals surface area contributed by atoms with Crippen LogP contribution in [0.4, 0.5) is 11.4 Å². The maximum absolute atomic E-state index is 5.78. The topological polar surface area (TPSA) is 50.4 Å². The number of hydrogen-bond donors (Lipinski definition) is 2. The van der Waals surface area contributed by atoms with Crippen molar-refractivity contribution in [1.82, 2.24) is 0 Å². The highest BCUT2D eigenvalue weighted by Gasteiger charge is 1.97. The van der Waals surface area contributed by atoms with Crippen molar-refractivity contribution >= 4 is 17.3 Å². The molecule has 2 aromatic rings. The van der Waals surface area contributed by atoms with Gasteiger partial charge in [-0.3, -0.25) is 0 Å². The summed E-state index contributed by atoms with van der Waals surface area (Å²) in [5, 5.41) is 5.93. The molecule has 0 fully saturated rings. The summed E-state index contributed by atoms with van der Waals surface area (Å²) in [6, 6.07) is 25.8. The minimum atomic E-state index is 0.386. The number of nitrogens with zero attached hydrogens (tertiary/aromatic N) is 1. The summed E-state index contributed by atoms with van der Waals surface area (Å²) >= 11 is 0. The van der Waals surface area contributed by atoms with Crippen molar-refractivity contribution in [3.05, 3.63) is 94.9 Å². The van der Waals surface area contributed by atoms with Gasteiger partial charge in [0.05, 0.1) is 5.69 Å². The Labute approximate surface area is 135 Å². The molecule has 23 heavy (non-hydrogen) atoms. The molecule has 0 aromatic heterocycles. The summed E-state index contributed by atoms with van der Waals surface area (Å²) in [6.45, 7) is 2.14.